The van der Waals surface area contributed by atoms with Crippen molar-refractivity contribution in [2.75, 3.05) is 5.32 Å². The van der Waals surface area contributed by atoms with Gasteiger partial charge in [-0.3, -0.25) is 4.79 Å². The van der Waals surface area contributed by atoms with Crippen molar-refractivity contribution >= 4 is 11.6 Å². The summed E-state index contributed by atoms with van der Waals surface area (Å²) in [6, 6.07) is 16.8. The minimum Gasteiger partial charge on any atom is -0.416 e. The highest BCUT2D eigenvalue weighted by molar-refractivity contribution is 6.02. The Morgan fingerprint density at radius 2 is 1.52 bits per heavy atom. The zero-order valence-corrected chi connectivity index (χ0v) is 12.6. The SMILES string of the molecule is C=C(C)C(=O)Nc1ccc(-c2nnc(-c3ccccc3)o2)cc1. The summed E-state index contributed by atoms with van der Waals surface area (Å²) in [5.41, 5.74) is 2.80. The van der Waals surface area contributed by atoms with E-state index < -0.39 is 0 Å². The molecule has 1 heterocycles. The molecular weight excluding hydrogens is 290 g/mol. The number of nitrogens with one attached hydrogen (secondary N) is 1. The Kier molecular flexibility index (Phi) is 4.01. The van der Waals surface area contributed by atoms with E-state index in [1.54, 1.807) is 19.1 Å². The molecular formula is C18H15N3O2. The monoisotopic (exact) mass is 305 g/mol. The Hall–Kier alpha value is -3.21. The molecule has 5 heteroatoms. The number of hydrogen-bond acceptors (Lipinski definition) is 4. The lowest BCUT2D eigenvalue weighted by molar-refractivity contribution is -0.112. The minimum absolute atomic E-state index is 0.207. The van der Waals surface area contributed by atoms with Gasteiger partial charge in [0.25, 0.3) is 5.91 Å². The first kappa shape index (κ1) is 14.7. The van der Waals surface area contributed by atoms with Crippen molar-refractivity contribution in [3.8, 4) is 22.9 Å². The number of carbonyl (C=O) groups is 1. The number of hydrogen-bond donors (Lipinski definition) is 1. The summed E-state index contributed by atoms with van der Waals surface area (Å²) in [5.74, 6) is 0.698. The highest BCUT2D eigenvalue weighted by Crippen LogP contribution is 2.24. The van der Waals surface area contributed by atoms with Crippen LogP contribution >= 0.6 is 0 Å². The molecule has 0 radical (unpaired) electrons. The maximum Gasteiger partial charge on any atom is 0.250 e. The third kappa shape index (κ3) is 3.35. The fourth-order valence-electron chi connectivity index (χ4n) is 1.97. The Morgan fingerprint density at radius 3 is 2.09 bits per heavy atom. The van der Waals surface area contributed by atoms with Gasteiger partial charge in [-0.2, -0.15) is 0 Å². The van der Waals surface area contributed by atoms with Crippen molar-refractivity contribution < 1.29 is 9.21 Å². The van der Waals surface area contributed by atoms with Crippen LogP contribution in [0.15, 0.2) is 71.2 Å². The molecule has 0 unspecified atom stereocenters. The highest BCUT2D eigenvalue weighted by Gasteiger charge is 2.10. The molecule has 114 valence electrons. The Labute approximate surface area is 133 Å². The molecule has 0 saturated heterocycles. The van der Waals surface area contributed by atoms with Gasteiger partial charge in [-0.15, -0.1) is 10.2 Å². The molecule has 0 aliphatic rings. The highest BCUT2D eigenvalue weighted by atomic mass is 16.4. The van der Waals surface area contributed by atoms with Gasteiger partial charge in [0.05, 0.1) is 0 Å². The molecule has 1 aromatic heterocycles. The van der Waals surface area contributed by atoms with E-state index in [2.05, 4.69) is 22.1 Å². The Bertz CT molecular complexity index is 836. The van der Waals surface area contributed by atoms with Crippen molar-refractivity contribution in [1.29, 1.82) is 0 Å². The van der Waals surface area contributed by atoms with E-state index in [4.69, 9.17) is 4.42 Å². The van der Waals surface area contributed by atoms with Crippen LogP contribution in [-0.4, -0.2) is 16.1 Å². The van der Waals surface area contributed by atoms with E-state index in [9.17, 15) is 4.79 Å². The lowest BCUT2D eigenvalue weighted by Gasteiger charge is -2.04. The topological polar surface area (TPSA) is 68.0 Å². The second-order valence-corrected chi connectivity index (χ2v) is 5.09. The summed E-state index contributed by atoms with van der Waals surface area (Å²) in [6.45, 7) is 5.26. The van der Waals surface area contributed by atoms with E-state index in [0.717, 1.165) is 11.1 Å². The van der Waals surface area contributed by atoms with Gasteiger partial charge in [-0.1, -0.05) is 24.8 Å². The zero-order valence-electron chi connectivity index (χ0n) is 12.6. The molecule has 23 heavy (non-hydrogen) atoms. The average molecular weight is 305 g/mol. The third-order valence-electron chi connectivity index (χ3n) is 3.22. The second kappa shape index (κ2) is 6.27. The molecule has 0 spiro atoms. The van der Waals surface area contributed by atoms with Gasteiger partial charge in [0.15, 0.2) is 0 Å². The molecule has 0 saturated carbocycles. The van der Waals surface area contributed by atoms with E-state index >= 15 is 0 Å². The van der Waals surface area contributed by atoms with Crippen molar-refractivity contribution in [1.82, 2.24) is 10.2 Å². The summed E-state index contributed by atoms with van der Waals surface area (Å²) in [7, 11) is 0. The van der Waals surface area contributed by atoms with Crippen LogP contribution in [0.3, 0.4) is 0 Å². The van der Waals surface area contributed by atoms with Crippen LogP contribution in [-0.2, 0) is 4.79 Å². The third-order valence-corrected chi connectivity index (χ3v) is 3.22. The Morgan fingerprint density at radius 1 is 0.957 bits per heavy atom. The largest absolute Gasteiger partial charge is 0.416 e. The van der Waals surface area contributed by atoms with Crippen molar-refractivity contribution in [2.24, 2.45) is 0 Å². The van der Waals surface area contributed by atoms with Crippen LogP contribution in [0.2, 0.25) is 0 Å². The number of rotatable bonds is 4. The number of aromatic nitrogens is 2. The molecule has 3 aromatic rings. The van der Waals surface area contributed by atoms with Crippen LogP contribution in [0.4, 0.5) is 5.69 Å². The Balaban J connectivity index is 1.79. The maximum atomic E-state index is 11.6. The first-order valence-electron chi connectivity index (χ1n) is 7.10. The fraction of sp³-hybridized carbons (Fsp3) is 0.0556. The number of carbonyl (C=O) groups excluding carboxylic acids is 1. The molecule has 3 rings (SSSR count). The summed E-state index contributed by atoms with van der Waals surface area (Å²) in [5, 5.41) is 10.9. The molecule has 0 fully saturated rings. The van der Waals surface area contributed by atoms with E-state index in [-0.39, 0.29) is 5.91 Å². The van der Waals surface area contributed by atoms with Gasteiger partial charge in [-0.05, 0) is 43.3 Å². The van der Waals surface area contributed by atoms with Gasteiger partial charge in [-0.25, -0.2) is 0 Å². The number of amides is 1. The summed E-state index contributed by atoms with van der Waals surface area (Å²) in [4.78, 5) is 11.6. The molecule has 1 N–H and O–H groups in total. The van der Waals surface area contributed by atoms with E-state index in [1.807, 2.05) is 42.5 Å². The van der Waals surface area contributed by atoms with Gasteiger partial charge in [0.1, 0.15) is 0 Å². The second-order valence-electron chi connectivity index (χ2n) is 5.09. The molecule has 5 nitrogen and oxygen atoms in total. The number of nitrogens with zero attached hydrogens (tertiary/aromatic N) is 2. The molecule has 0 bridgehead atoms. The van der Waals surface area contributed by atoms with Crippen LogP contribution in [0.25, 0.3) is 22.9 Å². The molecule has 2 aromatic carbocycles. The first-order valence-corrected chi connectivity index (χ1v) is 7.10. The van der Waals surface area contributed by atoms with Crippen molar-refractivity contribution in [3.05, 3.63) is 66.7 Å². The predicted molar refractivity (Wildman–Crippen MR) is 88.6 cm³/mol. The van der Waals surface area contributed by atoms with Crippen LogP contribution in [0.1, 0.15) is 6.92 Å². The van der Waals surface area contributed by atoms with Crippen LogP contribution in [0.5, 0.6) is 0 Å². The van der Waals surface area contributed by atoms with E-state index in [1.165, 1.54) is 0 Å². The zero-order chi connectivity index (χ0) is 16.2. The lowest BCUT2D eigenvalue weighted by Crippen LogP contribution is -2.11. The fourth-order valence-corrected chi connectivity index (χ4v) is 1.97. The maximum absolute atomic E-state index is 11.6. The smallest absolute Gasteiger partial charge is 0.250 e. The normalized spacial score (nSPS) is 10.3. The van der Waals surface area contributed by atoms with Crippen LogP contribution < -0.4 is 5.32 Å². The average Bonchev–Trinajstić information content (AvgIpc) is 3.06. The van der Waals surface area contributed by atoms with Gasteiger partial charge in [0, 0.05) is 22.4 Å². The number of anilines is 1. The molecule has 0 aliphatic carbocycles. The van der Waals surface area contributed by atoms with E-state index in [0.29, 0.717) is 23.0 Å². The van der Waals surface area contributed by atoms with Gasteiger partial charge >= 0.3 is 0 Å². The number of benzene rings is 2. The van der Waals surface area contributed by atoms with Crippen LogP contribution in [0, 0.1) is 0 Å². The summed E-state index contributed by atoms with van der Waals surface area (Å²) >= 11 is 0. The lowest BCUT2D eigenvalue weighted by atomic mass is 10.2. The first-order chi connectivity index (χ1) is 11.1. The predicted octanol–water partition coefficient (Wildman–Crippen LogP) is 3.92. The van der Waals surface area contributed by atoms with Gasteiger partial charge < -0.3 is 9.73 Å². The minimum atomic E-state index is -0.207. The summed E-state index contributed by atoms with van der Waals surface area (Å²) < 4.78 is 5.69. The van der Waals surface area contributed by atoms with Gasteiger partial charge in [0.2, 0.25) is 11.8 Å². The standard InChI is InChI=1S/C18H15N3O2/c1-12(2)16(22)19-15-10-8-14(9-11-15)18-21-20-17(23-18)13-6-4-3-5-7-13/h3-11H,1H2,2H3,(H,19,22). The quantitative estimate of drug-likeness (QED) is 0.742. The molecule has 0 atom stereocenters. The van der Waals surface area contributed by atoms with Crippen molar-refractivity contribution in [2.45, 2.75) is 6.92 Å². The van der Waals surface area contributed by atoms with Crippen molar-refractivity contribution in [3.63, 3.8) is 0 Å². The summed E-state index contributed by atoms with van der Waals surface area (Å²) in [6.07, 6.45) is 0. The molecule has 0 aliphatic heterocycles. The molecule has 1 amide bonds.